The zero-order valence-electron chi connectivity index (χ0n) is 15.6. The number of aliphatic hydroxyl groups excluding tert-OH is 1. The minimum Gasteiger partial charge on any atom is -0.396 e. The van der Waals surface area contributed by atoms with Crippen molar-refractivity contribution in [3.8, 4) is 5.69 Å². The minimum absolute atomic E-state index is 0.0936. The maximum Gasteiger partial charge on any atom is 0.255 e. The molecule has 0 spiro atoms. The molecule has 1 heterocycles. The lowest BCUT2D eigenvalue weighted by molar-refractivity contribution is 0.0940. The largest absolute Gasteiger partial charge is 0.396 e. The molecular formula is C20H29N3O2. The van der Waals surface area contributed by atoms with Gasteiger partial charge in [-0.2, -0.15) is 5.10 Å². The number of nitrogens with zero attached hydrogens (tertiary/aromatic N) is 2. The molecule has 5 heteroatoms. The smallest absolute Gasteiger partial charge is 0.255 e. The molecule has 0 bridgehead atoms. The van der Waals surface area contributed by atoms with Crippen LogP contribution in [0.1, 0.15) is 48.4 Å². The first-order chi connectivity index (χ1) is 11.9. The highest BCUT2D eigenvalue weighted by Gasteiger charge is 2.20. The monoisotopic (exact) mass is 343 g/mol. The Labute approximate surface area is 150 Å². The van der Waals surface area contributed by atoms with Crippen LogP contribution in [0, 0.1) is 25.7 Å². The highest BCUT2D eigenvalue weighted by molar-refractivity contribution is 5.96. The molecule has 5 nitrogen and oxygen atoms in total. The lowest BCUT2D eigenvalue weighted by Gasteiger charge is -2.18. The van der Waals surface area contributed by atoms with Crippen molar-refractivity contribution in [1.29, 1.82) is 0 Å². The molecule has 136 valence electrons. The summed E-state index contributed by atoms with van der Waals surface area (Å²) in [4.78, 5) is 12.7. The van der Waals surface area contributed by atoms with Gasteiger partial charge in [-0.25, -0.2) is 4.68 Å². The molecule has 0 saturated carbocycles. The van der Waals surface area contributed by atoms with Crippen LogP contribution in [0.15, 0.2) is 30.3 Å². The second kappa shape index (κ2) is 8.81. The molecule has 0 saturated heterocycles. The maximum absolute atomic E-state index is 12.7. The molecule has 0 aliphatic rings. The van der Waals surface area contributed by atoms with Gasteiger partial charge in [0.25, 0.3) is 5.91 Å². The molecule has 2 aromatic rings. The molecule has 0 radical (unpaired) electrons. The van der Waals surface area contributed by atoms with Crippen LogP contribution in [-0.2, 0) is 0 Å². The third-order valence-electron chi connectivity index (χ3n) is 4.41. The van der Waals surface area contributed by atoms with Crippen LogP contribution in [0.3, 0.4) is 0 Å². The summed E-state index contributed by atoms with van der Waals surface area (Å²) in [5.74, 6) is 0.736. The first-order valence-corrected chi connectivity index (χ1v) is 8.94. The number of aromatic nitrogens is 2. The lowest BCUT2D eigenvalue weighted by Crippen LogP contribution is -2.31. The Hall–Kier alpha value is -2.14. The minimum atomic E-state index is -0.0936. The van der Waals surface area contributed by atoms with Crippen molar-refractivity contribution in [2.75, 3.05) is 13.2 Å². The predicted octanol–water partition coefficient (Wildman–Crippen LogP) is 3.26. The fourth-order valence-electron chi connectivity index (χ4n) is 3.27. The van der Waals surface area contributed by atoms with E-state index < -0.39 is 0 Å². The summed E-state index contributed by atoms with van der Waals surface area (Å²) >= 11 is 0. The molecule has 1 atom stereocenters. The van der Waals surface area contributed by atoms with Crippen LogP contribution in [0.25, 0.3) is 5.69 Å². The van der Waals surface area contributed by atoms with Gasteiger partial charge in [-0.1, -0.05) is 32.0 Å². The van der Waals surface area contributed by atoms with E-state index in [4.69, 9.17) is 0 Å². The lowest BCUT2D eigenvalue weighted by atomic mass is 9.94. The molecular weight excluding hydrogens is 314 g/mol. The highest BCUT2D eigenvalue weighted by Crippen LogP contribution is 2.19. The van der Waals surface area contributed by atoms with Gasteiger partial charge in [-0.15, -0.1) is 0 Å². The number of para-hydroxylation sites is 1. The molecule has 2 N–H and O–H groups in total. The Bertz CT molecular complexity index is 692. The van der Waals surface area contributed by atoms with Crippen molar-refractivity contribution in [3.05, 3.63) is 47.3 Å². The number of carbonyl (C=O) groups is 1. The Morgan fingerprint density at radius 1 is 1.24 bits per heavy atom. The van der Waals surface area contributed by atoms with Crippen LogP contribution < -0.4 is 5.32 Å². The molecule has 0 aliphatic carbocycles. The third kappa shape index (κ3) is 4.92. The van der Waals surface area contributed by atoms with E-state index in [-0.39, 0.29) is 12.5 Å². The quantitative estimate of drug-likeness (QED) is 0.773. The van der Waals surface area contributed by atoms with Crippen LogP contribution in [0.4, 0.5) is 0 Å². The summed E-state index contributed by atoms with van der Waals surface area (Å²) in [5, 5.41) is 16.8. The van der Waals surface area contributed by atoms with Gasteiger partial charge in [0, 0.05) is 13.2 Å². The van der Waals surface area contributed by atoms with Crippen LogP contribution in [0.2, 0.25) is 0 Å². The van der Waals surface area contributed by atoms with Crippen molar-refractivity contribution in [1.82, 2.24) is 15.1 Å². The van der Waals surface area contributed by atoms with Crippen molar-refractivity contribution in [2.24, 2.45) is 11.8 Å². The van der Waals surface area contributed by atoms with E-state index in [1.54, 1.807) is 0 Å². The number of hydrogen-bond donors (Lipinski definition) is 2. The Morgan fingerprint density at radius 2 is 1.92 bits per heavy atom. The summed E-state index contributed by atoms with van der Waals surface area (Å²) < 4.78 is 1.81. The van der Waals surface area contributed by atoms with Gasteiger partial charge in [0.15, 0.2) is 0 Å². The normalized spacial score (nSPS) is 12.4. The molecule has 1 unspecified atom stereocenters. The SMILES string of the molecule is Cc1nn(-c2ccccc2)c(C)c1C(=O)NCC(CCO)CC(C)C. The molecule has 25 heavy (non-hydrogen) atoms. The number of aryl methyl sites for hydroxylation is 1. The second-order valence-electron chi connectivity index (χ2n) is 7.01. The Kier molecular flexibility index (Phi) is 6.76. The van der Waals surface area contributed by atoms with Crippen molar-refractivity contribution in [2.45, 2.75) is 40.5 Å². The fourth-order valence-corrected chi connectivity index (χ4v) is 3.27. The summed E-state index contributed by atoms with van der Waals surface area (Å²) in [6.45, 7) is 8.82. The molecule has 0 fully saturated rings. The molecule has 1 aromatic heterocycles. The van der Waals surface area contributed by atoms with Gasteiger partial charge < -0.3 is 10.4 Å². The topological polar surface area (TPSA) is 67.2 Å². The summed E-state index contributed by atoms with van der Waals surface area (Å²) in [7, 11) is 0. The number of amides is 1. The first kappa shape index (κ1) is 19.2. The van der Waals surface area contributed by atoms with E-state index in [0.29, 0.717) is 30.4 Å². The maximum atomic E-state index is 12.7. The van der Waals surface area contributed by atoms with Gasteiger partial charge in [0.1, 0.15) is 0 Å². The van der Waals surface area contributed by atoms with Gasteiger partial charge in [-0.3, -0.25) is 4.79 Å². The van der Waals surface area contributed by atoms with Crippen LogP contribution in [-0.4, -0.2) is 33.9 Å². The van der Waals surface area contributed by atoms with Gasteiger partial charge >= 0.3 is 0 Å². The van der Waals surface area contributed by atoms with E-state index in [9.17, 15) is 9.90 Å². The number of benzene rings is 1. The van der Waals surface area contributed by atoms with Crippen molar-refractivity contribution in [3.63, 3.8) is 0 Å². The zero-order valence-corrected chi connectivity index (χ0v) is 15.6. The van der Waals surface area contributed by atoms with Crippen molar-refractivity contribution >= 4 is 5.91 Å². The highest BCUT2D eigenvalue weighted by atomic mass is 16.3. The van der Waals surface area contributed by atoms with E-state index in [2.05, 4.69) is 24.3 Å². The number of carbonyl (C=O) groups excluding carboxylic acids is 1. The molecule has 1 amide bonds. The van der Waals surface area contributed by atoms with Gasteiger partial charge in [0.05, 0.1) is 22.6 Å². The summed E-state index contributed by atoms with van der Waals surface area (Å²) in [5.41, 5.74) is 3.14. The zero-order chi connectivity index (χ0) is 18.4. The number of nitrogens with one attached hydrogen (secondary N) is 1. The van der Waals surface area contributed by atoms with Crippen LogP contribution in [0.5, 0.6) is 0 Å². The standard InChI is InChI=1S/C20H29N3O2/c1-14(2)12-17(10-11-24)13-21-20(25)19-15(3)22-23(16(19)4)18-8-6-5-7-9-18/h5-9,14,17,24H,10-13H2,1-4H3,(H,21,25). The number of rotatable bonds is 8. The molecule has 0 aliphatic heterocycles. The fraction of sp³-hybridized carbons (Fsp3) is 0.500. The van der Waals surface area contributed by atoms with E-state index in [1.165, 1.54) is 0 Å². The average Bonchev–Trinajstić information content (AvgIpc) is 2.87. The van der Waals surface area contributed by atoms with Crippen molar-refractivity contribution < 1.29 is 9.90 Å². The number of aliphatic hydroxyl groups is 1. The van der Waals surface area contributed by atoms with E-state index >= 15 is 0 Å². The predicted molar refractivity (Wildman–Crippen MR) is 100 cm³/mol. The number of hydrogen-bond acceptors (Lipinski definition) is 3. The summed E-state index contributed by atoms with van der Waals surface area (Å²) in [6, 6.07) is 9.81. The van der Waals surface area contributed by atoms with Crippen LogP contribution >= 0.6 is 0 Å². The average molecular weight is 343 g/mol. The van der Waals surface area contributed by atoms with Gasteiger partial charge in [0.2, 0.25) is 0 Å². The molecule has 1 aromatic carbocycles. The Morgan fingerprint density at radius 3 is 2.52 bits per heavy atom. The Balaban J connectivity index is 2.13. The van der Waals surface area contributed by atoms with E-state index in [1.807, 2.05) is 48.9 Å². The van der Waals surface area contributed by atoms with Gasteiger partial charge in [-0.05, 0) is 50.7 Å². The molecule has 2 rings (SSSR count). The summed E-state index contributed by atoms with van der Waals surface area (Å²) in [6.07, 6.45) is 1.70. The second-order valence-corrected chi connectivity index (χ2v) is 7.01. The third-order valence-corrected chi connectivity index (χ3v) is 4.41. The first-order valence-electron chi connectivity index (χ1n) is 8.94. The van der Waals surface area contributed by atoms with E-state index in [0.717, 1.165) is 23.5 Å².